The van der Waals surface area contributed by atoms with Crippen LogP contribution in [0.3, 0.4) is 0 Å². The Balaban J connectivity index is 1.49. The molecule has 30 heavy (non-hydrogen) atoms. The van der Waals surface area contributed by atoms with Crippen LogP contribution in [-0.4, -0.2) is 19.6 Å². The van der Waals surface area contributed by atoms with Gasteiger partial charge in [0.15, 0.2) is 0 Å². The first-order valence-corrected chi connectivity index (χ1v) is 11.0. The lowest BCUT2D eigenvalue weighted by Crippen LogP contribution is -2.16. The van der Waals surface area contributed by atoms with Gasteiger partial charge in [-0.05, 0) is 44.9 Å². The van der Waals surface area contributed by atoms with Gasteiger partial charge in [-0.25, -0.2) is 9.36 Å². The quantitative estimate of drug-likeness (QED) is 0.438. The van der Waals surface area contributed by atoms with Crippen molar-refractivity contribution in [1.29, 1.82) is 0 Å². The minimum Gasteiger partial charge on any atom is -0.356 e. The Morgan fingerprint density at radius 3 is 1.40 bits per heavy atom. The molecule has 4 aromatic rings. The van der Waals surface area contributed by atoms with E-state index in [4.69, 9.17) is 0 Å². The molecular weight excluding hydrogens is 420 g/mol. The highest BCUT2D eigenvalue weighted by Gasteiger charge is 2.10. The van der Waals surface area contributed by atoms with Crippen LogP contribution in [0.2, 0.25) is 0 Å². The molecular formula is C20H18N6O2S2. The maximum absolute atomic E-state index is 12.3. The first-order valence-electron chi connectivity index (χ1n) is 9.42. The Morgan fingerprint density at radius 1 is 0.633 bits per heavy atom. The summed E-state index contributed by atoms with van der Waals surface area (Å²) in [6.45, 7) is 1.97. The highest BCUT2D eigenvalue weighted by molar-refractivity contribution is 7.13. The summed E-state index contributed by atoms with van der Waals surface area (Å²) >= 11 is 2.21. The fraction of sp³-hybridized carbons (Fsp3) is 0.200. The van der Waals surface area contributed by atoms with Crippen molar-refractivity contribution in [3.8, 4) is 0 Å². The van der Waals surface area contributed by atoms with Gasteiger partial charge in [-0.2, -0.15) is 0 Å². The second-order valence-corrected chi connectivity index (χ2v) is 8.88. The van der Waals surface area contributed by atoms with E-state index in [1.54, 1.807) is 0 Å². The number of anilines is 2. The van der Waals surface area contributed by atoms with Gasteiger partial charge in [0.05, 0.1) is 13.1 Å². The lowest BCUT2D eigenvalue weighted by atomic mass is 10.1. The molecule has 6 heterocycles. The van der Waals surface area contributed by atoms with Crippen LogP contribution < -0.4 is 20.4 Å². The van der Waals surface area contributed by atoms with Crippen molar-refractivity contribution < 1.29 is 0 Å². The number of nitrogens with zero attached hydrogens (tertiary/aromatic N) is 4. The van der Waals surface area contributed by atoms with Crippen molar-refractivity contribution in [3.05, 3.63) is 90.1 Å². The molecule has 0 radical (unpaired) electrons. The SMILES string of the molecule is O=c1sc2nn1Cc1ccc(cc1)Cn1nc(sc1=O)NCc1ccc(cc1)CN2. The molecule has 0 fully saturated rings. The monoisotopic (exact) mass is 438 g/mol. The first-order chi connectivity index (χ1) is 14.6. The van der Waals surface area contributed by atoms with E-state index >= 15 is 0 Å². The molecule has 2 N–H and O–H groups in total. The summed E-state index contributed by atoms with van der Waals surface area (Å²) in [5, 5.41) is 16.5. The Morgan fingerprint density at radius 2 is 1.00 bits per heavy atom. The highest BCUT2D eigenvalue weighted by atomic mass is 32.1. The number of hydrogen-bond donors (Lipinski definition) is 2. The van der Waals surface area contributed by atoms with Gasteiger partial charge < -0.3 is 10.6 Å². The Bertz CT molecular complexity index is 1180. The molecule has 4 aliphatic rings. The van der Waals surface area contributed by atoms with Gasteiger partial charge in [0.25, 0.3) is 0 Å². The van der Waals surface area contributed by atoms with Gasteiger partial charge in [0, 0.05) is 13.1 Å². The normalized spacial score (nSPS) is 13.6. The van der Waals surface area contributed by atoms with Gasteiger partial charge in [-0.3, -0.25) is 9.59 Å². The van der Waals surface area contributed by atoms with Crippen molar-refractivity contribution in [2.45, 2.75) is 26.2 Å². The highest BCUT2D eigenvalue weighted by Crippen LogP contribution is 2.15. The van der Waals surface area contributed by atoms with Crippen molar-refractivity contribution in [3.63, 3.8) is 0 Å². The minimum atomic E-state index is -0.101. The van der Waals surface area contributed by atoms with Gasteiger partial charge in [-0.1, -0.05) is 48.5 Å². The van der Waals surface area contributed by atoms with Crippen LogP contribution in [0.4, 0.5) is 10.3 Å². The van der Waals surface area contributed by atoms with Crippen molar-refractivity contribution in [2.75, 3.05) is 10.6 Å². The van der Waals surface area contributed by atoms with Crippen LogP contribution in [0.25, 0.3) is 0 Å². The van der Waals surface area contributed by atoms with E-state index in [9.17, 15) is 9.59 Å². The molecule has 0 atom stereocenters. The number of aromatic nitrogens is 4. The Labute approximate surface area is 179 Å². The smallest absolute Gasteiger partial charge is 0.327 e. The summed E-state index contributed by atoms with van der Waals surface area (Å²) < 4.78 is 2.93. The number of benzene rings is 2. The van der Waals surface area contributed by atoms with Gasteiger partial charge in [0.2, 0.25) is 10.3 Å². The van der Waals surface area contributed by atoms with E-state index < -0.39 is 0 Å². The van der Waals surface area contributed by atoms with E-state index in [1.807, 2.05) is 48.5 Å². The second-order valence-electron chi connectivity index (χ2n) is 7.00. The standard InChI is InChI=1S/C20H18N6O2S2/c27-19-25-11-15-5-7-16(8-6-15)12-26-20(28)30-18(24-26)22-10-14-2-1-13(3-4-14)9-21-17(23-25)29-19/h1-8H,9-12H2,(H,21,23)(H,22,24). The lowest BCUT2D eigenvalue weighted by Gasteiger charge is -2.07. The Hall–Kier alpha value is -3.24. The molecule has 0 unspecified atom stereocenters. The lowest BCUT2D eigenvalue weighted by molar-refractivity contribution is 0.660. The molecule has 8 nitrogen and oxygen atoms in total. The predicted octanol–water partition coefficient (Wildman–Crippen LogP) is 2.56. The van der Waals surface area contributed by atoms with Crippen molar-refractivity contribution >= 4 is 32.9 Å². The van der Waals surface area contributed by atoms with Crippen molar-refractivity contribution in [2.24, 2.45) is 0 Å². The summed E-state index contributed by atoms with van der Waals surface area (Å²) in [6.07, 6.45) is 0. The van der Waals surface area contributed by atoms with Crippen LogP contribution in [0.1, 0.15) is 22.3 Å². The molecule has 0 saturated heterocycles. The van der Waals surface area contributed by atoms with Crippen LogP contribution >= 0.6 is 22.7 Å². The summed E-state index contributed by atoms with van der Waals surface area (Å²) in [5.41, 5.74) is 4.12. The van der Waals surface area contributed by atoms with Crippen LogP contribution in [0.15, 0.2) is 58.1 Å². The van der Waals surface area contributed by atoms with Crippen LogP contribution in [0, 0.1) is 0 Å². The van der Waals surface area contributed by atoms with Gasteiger partial charge in [0.1, 0.15) is 0 Å². The summed E-state index contributed by atoms with van der Waals surface area (Å²) in [6, 6.07) is 15.9. The minimum absolute atomic E-state index is 0.101. The predicted molar refractivity (Wildman–Crippen MR) is 118 cm³/mol. The zero-order valence-electron chi connectivity index (χ0n) is 15.9. The number of rotatable bonds is 0. The molecule has 2 aromatic heterocycles. The summed E-state index contributed by atoms with van der Waals surface area (Å²) in [5.74, 6) is 0. The van der Waals surface area contributed by atoms with Gasteiger partial charge >= 0.3 is 9.75 Å². The molecule has 2 aromatic carbocycles. The largest absolute Gasteiger partial charge is 0.356 e. The van der Waals surface area contributed by atoms with E-state index in [0.717, 1.165) is 44.9 Å². The van der Waals surface area contributed by atoms with Crippen molar-refractivity contribution in [1.82, 2.24) is 19.6 Å². The molecule has 152 valence electrons. The first kappa shape index (κ1) is 18.8. The molecule has 0 saturated carbocycles. The van der Waals surface area contributed by atoms with E-state index in [1.165, 1.54) is 9.36 Å². The van der Waals surface area contributed by atoms with E-state index in [2.05, 4.69) is 20.8 Å². The zero-order valence-corrected chi connectivity index (χ0v) is 17.5. The van der Waals surface area contributed by atoms with E-state index in [0.29, 0.717) is 36.4 Å². The molecule has 4 aliphatic heterocycles. The van der Waals surface area contributed by atoms with Crippen LogP contribution in [-0.2, 0) is 26.2 Å². The van der Waals surface area contributed by atoms with Gasteiger partial charge in [-0.15, -0.1) is 10.2 Å². The summed E-state index contributed by atoms with van der Waals surface area (Å²) in [4.78, 5) is 24.4. The Kier molecular flexibility index (Phi) is 4.93. The molecule has 8 rings (SSSR count). The maximum Gasteiger partial charge on any atom is 0.327 e. The molecule has 10 heteroatoms. The average Bonchev–Trinajstić information content (AvgIpc) is 3.28. The topological polar surface area (TPSA) is 93.8 Å². The fourth-order valence-electron chi connectivity index (χ4n) is 3.18. The van der Waals surface area contributed by atoms with E-state index in [-0.39, 0.29) is 9.75 Å². The number of nitrogens with one attached hydrogen (secondary N) is 2. The van der Waals surface area contributed by atoms with Crippen LogP contribution in [0.5, 0.6) is 0 Å². The fourth-order valence-corrected chi connectivity index (χ4v) is 4.50. The molecule has 0 spiro atoms. The molecule has 0 aliphatic carbocycles. The zero-order chi connectivity index (χ0) is 20.5. The average molecular weight is 439 g/mol. The third-order valence-corrected chi connectivity index (χ3v) is 6.42. The maximum atomic E-state index is 12.3. The second kappa shape index (κ2) is 7.88. The third-order valence-electron chi connectivity index (χ3n) is 4.81. The summed E-state index contributed by atoms with van der Waals surface area (Å²) in [7, 11) is 0. The molecule has 8 bridgehead atoms. The molecule has 0 amide bonds. The third kappa shape index (κ3) is 4.05. The number of hydrogen-bond acceptors (Lipinski definition) is 8.